The molecule has 0 radical (unpaired) electrons. The maximum absolute atomic E-state index is 14.7. The van der Waals surface area contributed by atoms with Crippen LogP contribution in [0.4, 0.5) is 9.18 Å². The molecule has 8 heteroatoms. The van der Waals surface area contributed by atoms with E-state index >= 15 is 0 Å². The van der Waals surface area contributed by atoms with E-state index < -0.39 is 29.5 Å². The second kappa shape index (κ2) is 12.8. The predicted octanol–water partition coefficient (Wildman–Crippen LogP) is 5.79. The number of hydrogen-bond acceptors (Lipinski definition) is 5. The van der Waals surface area contributed by atoms with Gasteiger partial charge in [0.15, 0.2) is 11.6 Å². The average molecular weight is 571 g/mol. The Hall–Kier alpha value is -2.36. The van der Waals surface area contributed by atoms with E-state index in [4.69, 9.17) is 14.2 Å². The van der Waals surface area contributed by atoms with Crippen molar-refractivity contribution >= 4 is 34.7 Å². The Kier molecular flexibility index (Phi) is 10.4. The van der Waals surface area contributed by atoms with Crippen LogP contribution in [0.1, 0.15) is 51.7 Å². The molecule has 1 N–H and O–H groups in total. The summed E-state index contributed by atoms with van der Waals surface area (Å²) in [6, 6.07) is 11.2. The number of ether oxygens (including phenoxy) is 3. The molecular formula is C25H31FINO5. The first-order valence-corrected chi connectivity index (χ1v) is 12.0. The number of carbonyl (C=O) groups is 2. The minimum Gasteiger partial charge on any atom is -0.490 e. The van der Waals surface area contributed by atoms with E-state index in [1.807, 2.05) is 59.8 Å². The van der Waals surface area contributed by atoms with Crippen LogP contribution in [0.5, 0.6) is 5.75 Å². The maximum Gasteiger partial charge on any atom is 0.408 e. The second-order valence-electron chi connectivity index (χ2n) is 8.57. The first-order valence-electron chi connectivity index (χ1n) is 10.9. The number of alkyl carbamates (subject to hydrolysis) is 1. The topological polar surface area (TPSA) is 73.9 Å². The first kappa shape index (κ1) is 26.9. The molecule has 180 valence electrons. The van der Waals surface area contributed by atoms with Gasteiger partial charge in [0.1, 0.15) is 18.2 Å². The molecule has 2 aromatic carbocycles. The fourth-order valence-electron chi connectivity index (χ4n) is 2.94. The lowest BCUT2D eigenvalue weighted by Crippen LogP contribution is -2.45. The van der Waals surface area contributed by atoms with Gasteiger partial charge in [0.25, 0.3) is 0 Å². The van der Waals surface area contributed by atoms with Crippen LogP contribution in [0.3, 0.4) is 0 Å². The zero-order chi connectivity index (χ0) is 24.4. The van der Waals surface area contributed by atoms with E-state index in [9.17, 15) is 14.0 Å². The molecule has 0 saturated carbocycles. The van der Waals surface area contributed by atoms with E-state index in [-0.39, 0.29) is 18.8 Å². The van der Waals surface area contributed by atoms with Gasteiger partial charge in [-0.15, -0.1) is 0 Å². The number of esters is 1. The smallest absolute Gasteiger partial charge is 0.408 e. The van der Waals surface area contributed by atoms with Crippen molar-refractivity contribution in [2.75, 3.05) is 6.61 Å². The molecule has 0 aliphatic carbocycles. The predicted molar refractivity (Wildman–Crippen MR) is 133 cm³/mol. The van der Waals surface area contributed by atoms with Crippen LogP contribution < -0.4 is 10.1 Å². The van der Waals surface area contributed by atoms with Crippen LogP contribution in [0.2, 0.25) is 0 Å². The highest BCUT2D eigenvalue weighted by Gasteiger charge is 2.28. The fourth-order valence-corrected chi connectivity index (χ4v) is 3.59. The van der Waals surface area contributed by atoms with E-state index in [2.05, 4.69) is 5.32 Å². The standard InChI is InChI=1S/C25H31FINO5/c1-5-6-12-31-22-18(13-19(27)15-20(22)26)14-21(28-24(30)33-25(2,3)4)23(29)32-16-17-10-8-7-9-11-17/h7-11,13,15,21H,5-6,12,14,16H2,1-4H3,(H,28,30)/t21-/m0/s1. The highest BCUT2D eigenvalue weighted by atomic mass is 127. The van der Waals surface area contributed by atoms with Crippen molar-refractivity contribution in [1.29, 1.82) is 0 Å². The summed E-state index contributed by atoms with van der Waals surface area (Å²) in [5.74, 6) is -1.08. The van der Waals surface area contributed by atoms with Crippen molar-refractivity contribution in [2.24, 2.45) is 0 Å². The Morgan fingerprint density at radius 2 is 1.85 bits per heavy atom. The molecule has 0 aliphatic rings. The van der Waals surface area contributed by atoms with Crippen molar-refractivity contribution < 1.29 is 28.2 Å². The Bertz CT molecular complexity index is 930. The lowest BCUT2D eigenvalue weighted by atomic mass is 10.0. The molecule has 0 fully saturated rings. The lowest BCUT2D eigenvalue weighted by Gasteiger charge is -2.23. The summed E-state index contributed by atoms with van der Waals surface area (Å²) in [5, 5.41) is 2.58. The number of benzene rings is 2. The SMILES string of the molecule is CCCCOc1c(F)cc(I)cc1C[C@H](NC(=O)OC(C)(C)C)C(=O)OCc1ccccc1. The van der Waals surface area contributed by atoms with Gasteiger partial charge in [-0.1, -0.05) is 43.7 Å². The van der Waals surface area contributed by atoms with Crippen LogP contribution in [0, 0.1) is 9.39 Å². The molecule has 0 bridgehead atoms. The molecule has 0 unspecified atom stereocenters. The number of rotatable bonds is 10. The maximum atomic E-state index is 14.7. The third kappa shape index (κ3) is 9.57. The van der Waals surface area contributed by atoms with Gasteiger partial charge in [0.05, 0.1) is 6.61 Å². The molecule has 1 amide bonds. The largest absolute Gasteiger partial charge is 0.490 e. The quantitative estimate of drug-likeness (QED) is 0.222. The Morgan fingerprint density at radius 3 is 2.48 bits per heavy atom. The van der Waals surface area contributed by atoms with Crippen molar-refractivity contribution in [3.05, 3.63) is 63.0 Å². The number of nitrogens with one attached hydrogen (secondary N) is 1. The molecule has 2 aromatic rings. The number of carbonyl (C=O) groups excluding carboxylic acids is 2. The Labute approximate surface area is 208 Å². The highest BCUT2D eigenvalue weighted by molar-refractivity contribution is 14.1. The van der Waals surface area contributed by atoms with Gasteiger partial charge >= 0.3 is 12.1 Å². The van der Waals surface area contributed by atoms with Crippen molar-refractivity contribution in [1.82, 2.24) is 5.32 Å². The molecule has 6 nitrogen and oxygen atoms in total. The van der Waals surface area contributed by atoms with Gasteiger partial charge in [-0.05, 0) is 67.5 Å². The van der Waals surface area contributed by atoms with Crippen LogP contribution in [0.15, 0.2) is 42.5 Å². The molecule has 0 saturated heterocycles. The fraction of sp³-hybridized carbons (Fsp3) is 0.440. The minimum atomic E-state index is -1.09. The summed E-state index contributed by atoms with van der Waals surface area (Å²) in [5.41, 5.74) is 0.532. The number of amides is 1. The Balaban J connectivity index is 2.25. The van der Waals surface area contributed by atoms with E-state index in [1.165, 1.54) is 6.07 Å². The third-order valence-electron chi connectivity index (χ3n) is 4.45. The van der Waals surface area contributed by atoms with Gasteiger partial charge in [-0.25, -0.2) is 14.0 Å². The summed E-state index contributed by atoms with van der Waals surface area (Å²) in [4.78, 5) is 25.4. The second-order valence-corrected chi connectivity index (χ2v) is 9.82. The van der Waals surface area contributed by atoms with Crippen LogP contribution >= 0.6 is 22.6 Å². The molecule has 33 heavy (non-hydrogen) atoms. The lowest BCUT2D eigenvalue weighted by molar-refractivity contribution is -0.147. The van der Waals surface area contributed by atoms with Gasteiger partial charge in [-0.3, -0.25) is 0 Å². The zero-order valence-electron chi connectivity index (χ0n) is 19.5. The monoisotopic (exact) mass is 571 g/mol. The van der Waals surface area contributed by atoms with Crippen molar-refractivity contribution in [3.8, 4) is 5.75 Å². The molecule has 2 rings (SSSR count). The summed E-state index contributed by atoms with van der Waals surface area (Å²) in [7, 11) is 0. The summed E-state index contributed by atoms with van der Waals surface area (Å²) >= 11 is 2.00. The van der Waals surface area contributed by atoms with Crippen molar-refractivity contribution in [3.63, 3.8) is 0 Å². The molecule has 0 spiro atoms. The Morgan fingerprint density at radius 1 is 1.15 bits per heavy atom. The summed E-state index contributed by atoms with van der Waals surface area (Å²) < 4.78 is 31.8. The van der Waals surface area contributed by atoms with Crippen molar-refractivity contribution in [2.45, 2.75) is 65.2 Å². The molecule has 0 heterocycles. The van der Waals surface area contributed by atoms with Gasteiger partial charge in [0, 0.05) is 15.6 Å². The van der Waals surface area contributed by atoms with E-state index in [0.717, 1.165) is 18.4 Å². The minimum absolute atomic E-state index is 0.0118. The number of halogens is 2. The molecule has 1 atom stereocenters. The van der Waals surface area contributed by atoms with E-state index in [0.29, 0.717) is 15.7 Å². The summed E-state index contributed by atoms with van der Waals surface area (Å²) in [6.07, 6.45) is 0.894. The highest BCUT2D eigenvalue weighted by Crippen LogP contribution is 2.27. The normalized spacial score (nSPS) is 12.1. The number of unbranched alkanes of at least 4 members (excludes halogenated alkanes) is 1. The van der Waals surface area contributed by atoms with Crippen LogP contribution in [0.25, 0.3) is 0 Å². The number of hydrogen-bond donors (Lipinski definition) is 1. The molecular weight excluding hydrogens is 540 g/mol. The van der Waals surface area contributed by atoms with Crippen LogP contribution in [-0.4, -0.2) is 30.3 Å². The van der Waals surface area contributed by atoms with Gasteiger partial charge in [0.2, 0.25) is 0 Å². The van der Waals surface area contributed by atoms with Gasteiger partial charge < -0.3 is 19.5 Å². The van der Waals surface area contributed by atoms with E-state index in [1.54, 1.807) is 26.8 Å². The summed E-state index contributed by atoms with van der Waals surface area (Å²) in [6.45, 7) is 7.59. The zero-order valence-corrected chi connectivity index (χ0v) is 21.6. The molecule has 0 aromatic heterocycles. The molecule has 0 aliphatic heterocycles. The van der Waals surface area contributed by atoms with Gasteiger partial charge in [-0.2, -0.15) is 0 Å². The average Bonchev–Trinajstić information content (AvgIpc) is 2.72. The first-order chi connectivity index (χ1) is 15.6. The van der Waals surface area contributed by atoms with Crippen LogP contribution in [-0.2, 0) is 27.3 Å². The third-order valence-corrected chi connectivity index (χ3v) is 5.08.